The topological polar surface area (TPSA) is 160 Å². The Balaban J connectivity index is 1.71. The van der Waals surface area contributed by atoms with Crippen molar-refractivity contribution in [3.05, 3.63) is 42.1 Å². The number of carboxylic acids is 1. The van der Waals surface area contributed by atoms with Gasteiger partial charge in [0.1, 0.15) is 19.3 Å². The molecule has 16 heteroatoms. The summed E-state index contributed by atoms with van der Waals surface area (Å²) in [5.41, 5.74) is -0.297. The number of benzene rings is 1. The van der Waals surface area contributed by atoms with Crippen molar-refractivity contribution in [3.8, 4) is 11.6 Å². The van der Waals surface area contributed by atoms with Gasteiger partial charge in [0, 0.05) is 44.1 Å². The standard InChI is InChI=1S/C29H36F3N5O8/c1-28(2,3)22(38)18-45-23-17-21(34-37(23)19-7-5-4-6-8-19)25(41)33-20(9-10-24(39)40)26(42)35-12-14-36(15-13-35)27(43)44-16-11-29(30,31)32/h4-8,17,20H,9-16,18H2,1-3H3,(H,33,41)(H,39,40). The maximum Gasteiger partial charge on any atom is 0.409 e. The molecule has 1 aromatic carbocycles. The number of halogens is 3. The first-order valence-corrected chi connectivity index (χ1v) is 14.2. The van der Waals surface area contributed by atoms with Gasteiger partial charge in [0.2, 0.25) is 11.8 Å². The zero-order valence-electron chi connectivity index (χ0n) is 25.1. The second-order valence-electron chi connectivity index (χ2n) is 11.3. The van der Waals surface area contributed by atoms with E-state index < -0.39 is 61.0 Å². The van der Waals surface area contributed by atoms with Crippen molar-refractivity contribution in [3.63, 3.8) is 0 Å². The lowest BCUT2D eigenvalue weighted by Gasteiger charge is -2.36. The molecule has 1 aromatic heterocycles. The maximum atomic E-state index is 13.4. The third-order valence-electron chi connectivity index (χ3n) is 6.81. The molecule has 0 saturated carbocycles. The van der Waals surface area contributed by atoms with E-state index in [1.54, 1.807) is 51.1 Å². The van der Waals surface area contributed by atoms with Crippen LogP contribution in [0.2, 0.25) is 0 Å². The highest BCUT2D eigenvalue weighted by Crippen LogP contribution is 2.22. The van der Waals surface area contributed by atoms with Gasteiger partial charge in [-0.2, -0.15) is 18.3 Å². The molecule has 1 saturated heterocycles. The molecule has 1 aliphatic rings. The molecule has 0 aliphatic carbocycles. The fourth-order valence-corrected chi connectivity index (χ4v) is 4.12. The molecule has 3 amide bonds. The summed E-state index contributed by atoms with van der Waals surface area (Å²) in [6.45, 7) is 4.00. The molecule has 0 spiro atoms. The summed E-state index contributed by atoms with van der Waals surface area (Å²) < 4.78 is 48.7. The minimum Gasteiger partial charge on any atom is -0.481 e. The number of para-hydroxylation sites is 1. The summed E-state index contributed by atoms with van der Waals surface area (Å²) >= 11 is 0. The van der Waals surface area contributed by atoms with E-state index in [9.17, 15) is 42.3 Å². The van der Waals surface area contributed by atoms with Crippen LogP contribution in [0.5, 0.6) is 5.88 Å². The highest BCUT2D eigenvalue weighted by Gasteiger charge is 2.33. The molecule has 2 N–H and O–H groups in total. The van der Waals surface area contributed by atoms with Crippen LogP contribution in [0.4, 0.5) is 18.0 Å². The minimum absolute atomic E-state index is 0.0188. The van der Waals surface area contributed by atoms with Gasteiger partial charge < -0.3 is 29.7 Å². The van der Waals surface area contributed by atoms with Gasteiger partial charge in [0.05, 0.1) is 12.1 Å². The molecule has 2 heterocycles. The Labute approximate surface area is 257 Å². The third kappa shape index (κ3) is 10.5. The van der Waals surface area contributed by atoms with Gasteiger partial charge in [0.15, 0.2) is 11.5 Å². The van der Waals surface area contributed by atoms with Gasteiger partial charge in [-0.3, -0.25) is 19.2 Å². The normalized spacial score (nSPS) is 14.4. The van der Waals surface area contributed by atoms with Crippen molar-refractivity contribution in [2.75, 3.05) is 39.4 Å². The Hall–Kier alpha value is -4.63. The lowest BCUT2D eigenvalue weighted by molar-refractivity contribution is -0.143. The smallest absolute Gasteiger partial charge is 0.409 e. The Bertz CT molecular complexity index is 1370. The van der Waals surface area contributed by atoms with Gasteiger partial charge in [-0.05, 0) is 18.6 Å². The lowest BCUT2D eigenvalue weighted by atomic mass is 9.91. The van der Waals surface area contributed by atoms with Gasteiger partial charge in [0.25, 0.3) is 5.91 Å². The van der Waals surface area contributed by atoms with E-state index in [2.05, 4.69) is 15.2 Å². The highest BCUT2D eigenvalue weighted by molar-refractivity contribution is 5.96. The average Bonchev–Trinajstić information content (AvgIpc) is 3.41. The first-order valence-electron chi connectivity index (χ1n) is 14.2. The van der Waals surface area contributed by atoms with Crippen LogP contribution >= 0.6 is 0 Å². The van der Waals surface area contributed by atoms with Gasteiger partial charge >= 0.3 is 18.2 Å². The highest BCUT2D eigenvalue weighted by atomic mass is 19.4. The van der Waals surface area contributed by atoms with E-state index in [1.165, 1.54) is 15.6 Å². The number of nitrogens with one attached hydrogen (secondary N) is 1. The molecule has 3 rings (SSSR count). The maximum absolute atomic E-state index is 13.4. The molecule has 13 nitrogen and oxygen atoms in total. The van der Waals surface area contributed by atoms with Crippen LogP contribution < -0.4 is 10.1 Å². The summed E-state index contributed by atoms with van der Waals surface area (Å²) in [7, 11) is 0. The summed E-state index contributed by atoms with van der Waals surface area (Å²) in [4.78, 5) is 65.1. The zero-order valence-corrected chi connectivity index (χ0v) is 25.1. The quantitative estimate of drug-likeness (QED) is 0.356. The SMILES string of the molecule is CC(C)(C)C(=O)COc1cc(C(=O)NC(CCC(=O)O)C(=O)N2CCN(C(=O)OCCC(F)(F)F)CC2)nn1-c1ccccc1. The number of amides is 3. The first-order chi connectivity index (χ1) is 21.0. The van der Waals surface area contributed by atoms with Crippen molar-refractivity contribution < 1.29 is 51.7 Å². The van der Waals surface area contributed by atoms with Crippen LogP contribution in [0.1, 0.15) is 50.5 Å². The third-order valence-corrected chi connectivity index (χ3v) is 6.81. The Kier molecular flexibility index (Phi) is 11.5. The summed E-state index contributed by atoms with van der Waals surface area (Å²) in [6.07, 6.45) is -7.39. The Morgan fingerprint density at radius 3 is 2.20 bits per heavy atom. The molecule has 0 radical (unpaired) electrons. The number of carbonyl (C=O) groups is 5. The molecule has 246 valence electrons. The van der Waals surface area contributed by atoms with Gasteiger partial charge in [-0.25, -0.2) is 9.48 Å². The predicted molar refractivity (Wildman–Crippen MR) is 152 cm³/mol. The number of aromatic nitrogens is 2. The Morgan fingerprint density at radius 2 is 1.62 bits per heavy atom. The van der Waals surface area contributed by atoms with E-state index in [4.69, 9.17) is 4.74 Å². The molecule has 0 bridgehead atoms. The fourth-order valence-electron chi connectivity index (χ4n) is 4.12. The fraction of sp³-hybridized carbons (Fsp3) is 0.517. The van der Waals surface area contributed by atoms with Crippen molar-refractivity contribution in [2.45, 2.75) is 52.3 Å². The van der Waals surface area contributed by atoms with Crippen molar-refractivity contribution >= 4 is 29.7 Å². The molecule has 45 heavy (non-hydrogen) atoms. The lowest BCUT2D eigenvalue weighted by Crippen LogP contribution is -2.56. The number of aliphatic carboxylic acids is 1. The zero-order chi connectivity index (χ0) is 33.4. The summed E-state index contributed by atoms with van der Waals surface area (Å²) in [5.74, 6) is -2.70. The molecule has 1 atom stereocenters. The number of piperazine rings is 1. The molecule has 2 aromatic rings. The minimum atomic E-state index is -4.47. The van der Waals surface area contributed by atoms with Crippen LogP contribution in [0.25, 0.3) is 5.69 Å². The van der Waals surface area contributed by atoms with E-state index in [1.807, 2.05) is 0 Å². The average molecular weight is 640 g/mol. The van der Waals surface area contributed by atoms with Crippen molar-refractivity contribution in [1.29, 1.82) is 0 Å². The van der Waals surface area contributed by atoms with E-state index in [0.29, 0.717) is 5.69 Å². The van der Waals surface area contributed by atoms with Gasteiger partial charge in [-0.1, -0.05) is 39.0 Å². The number of rotatable bonds is 12. The number of nitrogens with zero attached hydrogens (tertiary/aromatic N) is 4. The molecular formula is C29H36F3N5O8. The number of carboxylic acid groups (broad SMARTS) is 1. The largest absolute Gasteiger partial charge is 0.481 e. The number of Topliss-reactive ketones (excluding diaryl/α,β-unsaturated/α-hetero) is 1. The van der Waals surface area contributed by atoms with E-state index >= 15 is 0 Å². The number of alkyl halides is 3. The van der Waals surface area contributed by atoms with E-state index in [-0.39, 0.29) is 56.6 Å². The molecule has 1 unspecified atom stereocenters. The summed E-state index contributed by atoms with van der Waals surface area (Å²) in [6, 6.07) is 8.70. The van der Waals surface area contributed by atoms with Crippen LogP contribution in [-0.2, 0) is 19.1 Å². The number of carbonyl (C=O) groups excluding carboxylic acids is 4. The second kappa shape index (κ2) is 14.9. The molecule has 1 fully saturated rings. The van der Waals surface area contributed by atoms with Gasteiger partial charge in [-0.15, -0.1) is 0 Å². The van der Waals surface area contributed by atoms with Crippen LogP contribution in [0, 0.1) is 5.41 Å². The number of hydrogen-bond acceptors (Lipinski definition) is 8. The molecular weight excluding hydrogens is 603 g/mol. The monoisotopic (exact) mass is 639 g/mol. The van der Waals surface area contributed by atoms with Crippen LogP contribution in [-0.4, -0.2) is 106 Å². The van der Waals surface area contributed by atoms with Crippen LogP contribution in [0.3, 0.4) is 0 Å². The number of ketones is 1. The summed E-state index contributed by atoms with van der Waals surface area (Å²) in [5, 5.41) is 16.1. The predicted octanol–water partition coefficient (Wildman–Crippen LogP) is 3.06. The van der Waals surface area contributed by atoms with E-state index in [0.717, 1.165) is 4.90 Å². The molecule has 1 aliphatic heterocycles. The second-order valence-corrected chi connectivity index (χ2v) is 11.3. The van der Waals surface area contributed by atoms with Crippen LogP contribution in [0.15, 0.2) is 36.4 Å². The van der Waals surface area contributed by atoms with Crippen molar-refractivity contribution in [2.24, 2.45) is 5.41 Å². The van der Waals surface area contributed by atoms with Crippen molar-refractivity contribution in [1.82, 2.24) is 24.9 Å². The number of hydrogen-bond donors (Lipinski definition) is 2. The first kappa shape index (κ1) is 34.9. The Morgan fingerprint density at radius 1 is 1.00 bits per heavy atom. The number of ether oxygens (including phenoxy) is 2.